The summed E-state index contributed by atoms with van der Waals surface area (Å²) in [7, 11) is 0. The molecule has 0 bridgehead atoms. The van der Waals surface area contributed by atoms with Gasteiger partial charge in [0.1, 0.15) is 24.9 Å². The Morgan fingerprint density at radius 3 is 2.75 bits per heavy atom. The van der Waals surface area contributed by atoms with Crippen LogP contribution in [0.25, 0.3) is 0 Å². The van der Waals surface area contributed by atoms with Crippen molar-refractivity contribution >= 4 is 17.5 Å². The third-order valence-electron chi connectivity index (χ3n) is 2.57. The lowest BCUT2D eigenvalue weighted by Gasteiger charge is -2.18. The van der Waals surface area contributed by atoms with Crippen LogP contribution >= 0.6 is 12.2 Å². The number of hydrogen-bond acceptors (Lipinski definition) is 7. The first-order valence-electron chi connectivity index (χ1n) is 5.10. The van der Waals surface area contributed by atoms with E-state index in [1.54, 1.807) is 6.92 Å². The van der Waals surface area contributed by atoms with Gasteiger partial charge < -0.3 is 29.2 Å². The van der Waals surface area contributed by atoms with Gasteiger partial charge in [0.05, 0.1) is 0 Å². The third kappa shape index (κ3) is 2.14. The molecule has 0 aromatic heterocycles. The zero-order valence-corrected chi connectivity index (χ0v) is 9.55. The molecule has 2 aliphatic heterocycles. The summed E-state index contributed by atoms with van der Waals surface area (Å²) in [6.07, 6.45) is -4.16. The Kier molecular flexibility index (Phi) is 3.60. The van der Waals surface area contributed by atoms with Crippen molar-refractivity contribution in [2.45, 2.75) is 37.6 Å². The molecule has 0 aliphatic carbocycles. The minimum atomic E-state index is -1.08. The quantitative estimate of drug-likeness (QED) is 0.633. The topological polar surface area (TPSA) is 77.4 Å². The normalized spacial score (nSPS) is 43.2. The molecule has 92 valence electrons. The van der Waals surface area contributed by atoms with Crippen LogP contribution in [0.3, 0.4) is 0 Å². The summed E-state index contributed by atoms with van der Waals surface area (Å²) < 4.78 is 20.6. The van der Waals surface area contributed by atoms with E-state index in [9.17, 15) is 10.2 Å². The number of aliphatic hydroxyl groups excluding tert-OH is 2. The maximum atomic E-state index is 9.77. The molecule has 0 aromatic carbocycles. The van der Waals surface area contributed by atoms with Crippen LogP contribution in [0.2, 0.25) is 0 Å². The first-order chi connectivity index (χ1) is 7.63. The van der Waals surface area contributed by atoms with Crippen molar-refractivity contribution in [1.29, 1.82) is 0 Å². The summed E-state index contributed by atoms with van der Waals surface area (Å²) in [5.41, 5.74) is 0. The third-order valence-corrected chi connectivity index (χ3v) is 2.78. The lowest BCUT2D eigenvalue weighted by Crippen LogP contribution is -2.40. The lowest BCUT2D eigenvalue weighted by molar-refractivity contribution is -0.172. The largest absolute Gasteiger partial charge is 0.453 e. The van der Waals surface area contributed by atoms with Crippen LogP contribution in [-0.2, 0) is 18.9 Å². The average molecular weight is 250 g/mol. The van der Waals surface area contributed by atoms with Gasteiger partial charge in [0, 0.05) is 18.8 Å². The van der Waals surface area contributed by atoms with Crippen molar-refractivity contribution in [3.63, 3.8) is 0 Å². The van der Waals surface area contributed by atoms with Crippen molar-refractivity contribution in [1.82, 2.24) is 0 Å². The van der Waals surface area contributed by atoms with E-state index in [-0.39, 0.29) is 11.8 Å². The molecule has 2 rings (SSSR count). The Hall–Kier alpha value is -0.470. The first kappa shape index (κ1) is 12.0. The van der Waals surface area contributed by atoms with Crippen LogP contribution in [0.5, 0.6) is 0 Å². The summed E-state index contributed by atoms with van der Waals surface area (Å²) in [4.78, 5) is 0. The molecular weight excluding hydrogens is 236 g/mol. The van der Waals surface area contributed by atoms with E-state index in [0.717, 1.165) is 0 Å². The summed E-state index contributed by atoms with van der Waals surface area (Å²) in [5, 5.41) is 19.5. The molecule has 2 N–H and O–H groups in total. The van der Waals surface area contributed by atoms with Crippen LogP contribution in [0, 0.1) is 0 Å². The van der Waals surface area contributed by atoms with Crippen molar-refractivity contribution in [2.75, 3.05) is 13.2 Å². The fourth-order valence-corrected chi connectivity index (χ4v) is 1.98. The van der Waals surface area contributed by atoms with E-state index in [1.165, 1.54) is 0 Å². The molecule has 2 saturated heterocycles. The number of rotatable bonds is 3. The Labute approximate surface area is 98.0 Å². The Morgan fingerprint density at radius 2 is 2.19 bits per heavy atom. The van der Waals surface area contributed by atoms with E-state index in [4.69, 9.17) is 31.2 Å². The zero-order valence-electron chi connectivity index (χ0n) is 8.74. The Bertz CT molecular complexity index is 273. The van der Waals surface area contributed by atoms with Crippen LogP contribution in [0.1, 0.15) is 6.92 Å². The summed E-state index contributed by atoms with van der Waals surface area (Å²) in [6, 6.07) is 0. The van der Waals surface area contributed by atoms with Gasteiger partial charge in [-0.2, -0.15) is 0 Å². The van der Waals surface area contributed by atoms with E-state index < -0.39 is 30.7 Å². The van der Waals surface area contributed by atoms with Gasteiger partial charge in [0.2, 0.25) is 0 Å². The van der Waals surface area contributed by atoms with E-state index >= 15 is 0 Å². The van der Waals surface area contributed by atoms with Gasteiger partial charge in [-0.3, -0.25) is 0 Å². The van der Waals surface area contributed by atoms with Crippen molar-refractivity contribution in [3.8, 4) is 0 Å². The minimum Gasteiger partial charge on any atom is -0.453 e. The van der Waals surface area contributed by atoms with Gasteiger partial charge in [0.25, 0.3) is 0 Å². The summed E-state index contributed by atoms with van der Waals surface area (Å²) in [5.74, 6) is 0. The maximum Gasteiger partial charge on any atom is 0.352 e. The molecule has 7 heteroatoms. The van der Waals surface area contributed by atoms with Gasteiger partial charge in [-0.25, -0.2) is 0 Å². The van der Waals surface area contributed by atoms with Crippen LogP contribution < -0.4 is 0 Å². The minimum absolute atomic E-state index is 0.0372. The molecule has 0 aromatic rings. The SMILES string of the molecule is CCOC1OC(C2COC(=S)O2)C(O)C1O. The number of hydrogen-bond donors (Lipinski definition) is 2. The van der Waals surface area contributed by atoms with E-state index in [1.807, 2.05) is 0 Å². The fourth-order valence-electron chi connectivity index (χ4n) is 1.78. The van der Waals surface area contributed by atoms with E-state index in [2.05, 4.69) is 0 Å². The van der Waals surface area contributed by atoms with Crippen molar-refractivity contribution < 1.29 is 29.2 Å². The maximum absolute atomic E-state index is 9.77. The molecule has 2 heterocycles. The molecule has 0 saturated carbocycles. The van der Waals surface area contributed by atoms with Gasteiger partial charge in [-0.1, -0.05) is 0 Å². The zero-order chi connectivity index (χ0) is 11.7. The van der Waals surface area contributed by atoms with Crippen LogP contribution in [0.4, 0.5) is 0 Å². The molecule has 0 radical (unpaired) electrons. The highest BCUT2D eigenvalue weighted by atomic mass is 32.1. The highest BCUT2D eigenvalue weighted by Crippen LogP contribution is 2.28. The van der Waals surface area contributed by atoms with Crippen molar-refractivity contribution in [3.05, 3.63) is 0 Å². The number of aliphatic hydroxyl groups is 2. The van der Waals surface area contributed by atoms with Gasteiger partial charge >= 0.3 is 5.24 Å². The predicted octanol–water partition coefficient (Wildman–Crippen LogP) is -0.830. The molecule has 5 unspecified atom stereocenters. The molecule has 16 heavy (non-hydrogen) atoms. The Morgan fingerprint density at radius 1 is 1.44 bits per heavy atom. The highest BCUT2D eigenvalue weighted by molar-refractivity contribution is 7.79. The lowest BCUT2D eigenvalue weighted by atomic mass is 10.1. The van der Waals surface area contributed by atoms with Crippen LogP contribution in [-0.4, -0.2) is 59.4 Å². The second-order valence-corrected chi connectivity index (χ2v) is 3.96. The highest BCUT2D eigenvalue weighted by Gasteiger charge is 2.49. The van der Waals surface area contributed by atoms with Gasteiger partial charge in [-0.15, -0.1) is 0 Å². The first-order valence-corrected chi connectivity index (χ1v) is 5.51. The smallest absolute Gasteiger partial charge is 0.352 e. The molecule has 6 nitrogen and oxygen atoms in total. The number of thiocarbonyl (C=S) groups is 1. The molecular formula is C9H14O6S. The molecule has 2 aliphatic rings. The van der Waals surface area contributed by atoms with Crippen LogP contribution in [0.15, 0.2) is 0 Å². The summed E-state index contributed by atoms with van der Waals surface area (Å²) >= 11 is 4.70. The molecule has 5 atom stereocenters. The van der Waals surface area contributed by atoms with E-state index in [0.29, 0.717) is 6.61 Å². The molecule has 0 spiro atoms. The van der Waals surface area contributed by atoms with Crippen molar-refractivity contribution in [2.24, 2.45) is 0 Å². The Balaban J connectivity index is 1.98. The molecule has 2 fully saturated rings. The average Bonchev–Trinajstić information content (AvgIpc) is 2.78. The second-order valence-electron chi connectivity index (χ2n) is 3.62. The molecule has 0 amide bonds. The standard InChI is InChI=1S/C9H14O6S/c1-2-12-8-6(11)5(10)7(15-8)4-3-13-9(16)14-4/h4-8,10-11H,2-3H2,1H3. The number of ether oxygens (including phenoxy) is 4. The monoisotopic (exact) mass is 250 g/mol. The fraction of sp³-hybridized carbons (Fsp3) is 0.889. The predicted molar refractivity (Wildman–Crippen MR) is 55.7 cm³/mol. The summed E-state index contributed by atoms with van der Waals surface area (Å²) in [6.45, 7) is 2.38. The van der Waals surface area contributed by atoms with Gasteiger partial charge in [0.15, 0.2) is 12.4 Å². The second kappa shape index (κ2) is 4.80. The van der Waals surface area contributed by atoms with Gasteiger partial charge in [-0.05, 0) is 6.92 Å².